The molecule has 0 radical (unpaired) electrons. The van der Waals surface area contributed by atoms with Gasteiger partial charge in [-0.25, -0.2) is 0 Å². The van der Waals surface area contributed by atoms with Gasteiger partial charge >= 0.3 is 5.69 Å². The number of β-amino-alcohol motifs (C(OH)–C–C–N with tert-alkyl or cyclic N) is 1. The Labute approximate surface area is 213 Å². The van der Waals surface area contributed by atoms with Crippen LogP contribution in [-0.4, -0.2) is 95.1 Å². The molecule has 10 nitrogen and oxygen atoms in total. The average Bonchev–Trinajstić information content (AvgIpc) is 2.91. The van der Waals surface area contributed by atoms with Gasteiger partial charge in [0.25, 0.3) is 11.8 Å². The summed E-state index contributed by atoms with van der Waals surface area (Å²) in [5.74, 6) is -0.374. The van der Waals surface area contributed by atoms with Gasteiger partial charge in [0.05, 0.1) is 4.92 Å². The maximum absolute atomic E-state index is 13.1. The first-order chi connectivity index (χ1) is 17.9. The highest BCUT2D eigenvalue weighted by atomic mass is 16.6. The summed E-state index contributed by atoms with van der Waals surface area (Å²) >= 11 is 0. The van der Waals surface area contributed by atoms with Crippen molar-refractivity contribution in [3.8, 4) is 5.75 Å². The number of carbonyl (C=O) groups excluding carboxylic acids is 2. The molecule has 0 aromatic heterocycles. The fourth-order valence-corrected chi connectivity index (χ4v) is 4.99. The zero-order valence-corrected chi connectivity index (χ0v) is 20.3. The summed E-state index contributed by atoms with van der Waals surface area (Å²) in [5, 5.41) is 23.1. The first-order valence-electron chi connectivity index (χ1n) is 12.3. The second-order valence-electron chi connectivity index (χ2n) is 9.30. The van der Waals surface area contributed by atoms with Crippen molar-refractivity contribution >= 4 is 28.3 Å². The third-order valence-corrected chi connectivity index (χ3v) is 6.92. The SMILES string of the molecule is O=C1c2cccc3cccc(c23)C(=O)N1CCN1CCN(C[C@H](O)COc2ccccc2[N+](=O)[O-])CC1. The number of nitrogens with zero attached hydrogens (tertiary/aromatic N) is 4. The normalized spacial score (nSPS) is 17.3. The molecular weight excluding hydrogens is 476 g/mol. The highest BCUT2D eigenvalue weighted by Gasteiger charge is 2.33. The molecule has 3 aromatic rings. The van der Waals surface area contributed by atoms with E-state index in [1.807, 2.05) is 24.3 Å². The summed E-state index contributed by atoms with van der Waals surface area (Å²) in [4.78, 5) is 42.4. The topological polar surface area (TPSA) is 116 Å². The van der Waals surface area contributed by atoms with Crippen molar-refractivity contribution < 1.29 is 24.4 Å². The molecule has 0 saturated carbocycles. The van der Waals surface area contributed by atoms with Crippen molar-refractivity contribution in [3.63, 3.8) is 0 Å². The van der Waals surface area contributed by atoms with Gasteiger partial charge in [-0.1, -0.05) is 36.4 Å². The van der Waals surface area contributed by atoms with Gasteiger partial charge in [0, 0.05) is 68.4 Å². The Morgan fingerprint density at radius 3 is 2.14 bits per heavy atom. The number of para-hydroxylation sites is 2. The minimum absolute atomic E-state index is 0.0432. The van der Waals surface area contributed by atoms with E-state index >= 15 is 0 Å². The fraction of sp³-hybridized carbons (Fsp3) is 0.333. The second kappa shape index (κ2) is 10.6. The predicted molar refractivity (Wildman–Crippen MR) is 137 cm³/mol. The van der Waals surface area contributed by atoms with E-state index in [0.717, 1.165) is 23.9 Å². The minimum Gasteiger partial charge on any atom is -0.484 e. The number of carbonyl (C=O) groups is 2. The zero-order valence-electron chi connectivity index (χ0n) is 20.3. The van der Waals surface area contributed by atoms with Gasteiger partial charge < -0.3 is 9.84 Å². The monoisotopic (exact) mass is 504 g/mol. The lowest BCUT2D eigenvalue weighted by Crippen LogP contribution is -2.51. The number of hydrogen-bond acceptors (Lipinski definition) is 8. The van der Waals surface area contributed by atoms with Crippen LogP contribution in [0.1, 0.15) is 20.7 Å². The highest BCUT2D eigenvalue weighted by molar-refractivity contribution is 6.25. The van der Waals surface area contributed by atoms with Crippen LogP contribution in [0.3, 0.4) is 0 Å². The van der Waals surface area contributed by atoms with Crippen LogP contribution in [-0.2, 0) is 0 Å². The molecule has 5 rings (SSSR count). The van der Waals surface area contributed by atoms with Gasteiger partial charge in [0.1, 0.15) is 12.7 Å². The molecule has 2 aliphatic rings. The second-order valence-corrected chi connectivity index (χ2v) is 9.30. The first kappa shape index (κ1) is 24.8. The number of amides is 2. The lowest BCUT2D eigenvalue weighted by atomic mass is 9.94. The van der Waals surface area contributed by atoms with E-state index in [1.54, 1.807) is 24.3 Å². The summed E-state index contributed by atoms with van der Waals surface area (Å²) in [6.07, 6.45) is -0.794. The number of piperazine rings is 1. The van der Waals surface area contributed by atoms with Gasteiger partial charge in [-0.05, 0) is 23.6 Å². The van der Waals surface area contributed by atoms with Gasteiger partial charge in [0.2, 0.25) is 0 Å². The van der Waals surface area contributed by atoms with Crippen LogP contribution in [0.4, 0.5) is 5.69 Å². The molecule has 192 valence electrons. The molecule has 0 unspecified atom stereocenters. The Morgan fingerprint density at radius 2 is 1.49 bits per heavy atom. The van der Waals surface area contributed by atoms with Crippen LogP contribution >= 0.6 is 0 Å². The number of aliphatic hydroxyl groups is 1. The van der Waals surface area contributed by atoms with Crippen LogP contribution in [0.5, 0.6) is 5.75 Å². The number of hydrogen-bond donors (Lipinski definition) is 1. The number of aliphatic hydroxyl groups excluding tert-OH is 1. The van der Waals surface area contributed by atoms with Crippen LogP contribution in [0, 0.1) is 10.1 Å². The van der Waals surface area contributed by atoms with Crippen LogP contribution in [0.15, 0.2) is 60.7 Å². The Morgan fingerprint density at radius 1 is 0.865 bits per heavy atom. The van der Waals surface area contributed by atoms with E-state index in [9.17, 15) is 24.8 Å². The van der Waals surface area contributed by atoms with E-state index in [0.29, 0.717) is 43.9 Å². The van der Waals surface area contributed by atoms with Crippen molar-refractivity contribution in [2.24, 2.45) is 0 Å². The van der Waals surface area contributed by atoms with E-state index < -0.39 is 11.0 Å². The Kier molecular flexibility index (Phi) is 7.13. The number of ether oxygens (including phenoxy) is 1. The lowest BCUT2D eigenvalue weighted by Gasteiger charge is -2.36. The van der Waals surface area contributed by atoms with Crippen molar-refractivity contribution in [1.29, 1.82) is 0 Å². The molecule has 2 amide bonds. The molecule has 0 spiro atoms. The fourth-order valence-electron chi connectivity index (χ4n) is 4.99. The molecule has 1 atom stereocenters. The Hall–Kier alpha value is -3.86. The number of nitro groups is 1. The summed E-state index contributed by atoms with van der Waals surface area (Å²) in [6.45, 7) is 4.14. The Bertz CT molecular complexity index is 1290. The molecule has 3 aromatic carbocycles. The third-order valence-electron chi connectivity index (χ3n) is 6.92. The maximum Gasteiger partial charge on any atom is 0.310 e. The summed E-state index contributed by atoms with van der Waals surface area (Å²) in [6, 6.07) is 17.1. The number of benzene rings is 3. The van der Waals surface area contributed by atoms with Crippen molar-refractivity contribution in [2.75, 3.05) is 52.4 Å². The molecule has 2 heterocycles. The molecule has 37 heavy (non-hydrogen) atoms. The lowest BCUT2D eigenvalue weighted by molar-refractivity contribution is -0.385. The van der Waals surface area contributed by atoms with Crippen LogP contribution in [0.25, 0.3) is 10.8 Å². The van der Waals surface area contributed by atoms with Crippen molar-refractivity contribution in [2.45, 2.75) is 6.10 Å². The number of rotatable bonds is 9. The molecule has 0 bridgehead atoms. The number of imide groups is 1. The first-order valence-corrected chi connectivity index (χ1v) is 12.3. The predicted octanol–water partition coefficient (Wildman–Crippen LogP) is 2.40. The van der Waals surface area contributed by atoms with Crippen LogP contribution in [0.2, 0.25) is 0 Å². The molecule has 2 aliphatic heterocycles. The average molecular weight is 505 g/mol. The summed E-state index contributed by atoms with van der Waals surface area (Å²) < 4.78 is 5.50. The molecule has 1 fully saturated rings. The molecule has 1 N–H and O–H groups in total. The van der Waals surface area contributed by atoms with Crippen LogP contribution < -0.4 is 4.74 Å². The molecule has 10 heteroatoms. The standard InChI is InChI=1S/C27H28N4O6/c32-20(18-37-24-10-2-1-9-23(24)31(35)36)17-29-13-11-28(12-14-29)15-16-30-26(33)21-7-3-5-19-6-4-8-22(25(19)21)27(30)34/h1-10,20,32H,11-18H2/t20-/m0/s1. The highest BCUT2D eigenvalue weighted by Crippen LogP contribution is 2.30. The third kappa shape index (κ3) is 5.17. The summed E-state index contributed by atoms with van der Waals surface area (Å²) in [7, 11) is 0. The largest absolute Gasteiger partial charge is 0.484 e. The number of nitro benzene ring substituents is 1. The van der Waals surface area contributed by atoms with Gasteiger partial charge in [-0.15, -0.1) is 0 Å². The van der Waals surface area contributed by atoms with Gasteiger partial charge in [-0.3, -0.25) is 34.4 Å². The van der Waals surface area contributed by atoms with Gasteiger partial charge in [-0.2, -0.15) is 0 Å². The zero-order chi connectivity index (χ0) is 25.9. The van der Waals surface area contributed by atoms with E-state index in [2.05, 4.69) is 9.80 Å². The quantitative estimate of drug-likeness (QED) is 0.268. The van der Waals surface area contributed by atoms with Crippen molar-refractivity contribution in [3.05, 3.63) is 81.9 Å². The molecule has 0 aliphatic carbocycles. The molecule has 1 saturated heterocycles. The van der Waals surface area contributed by atoms with Gasteiger partial charge in [0.15, 0.2) is 5.75 Å². The van der Waals surface area contributed by atoms with Crippen molar-refractivity contribution in [1.82, 2.24) is 14.7 Å². The molecular formula is C27H28N4O6. The minimum atomic E-state index is -0.794. The Balaban J connectivity index is 1.10. The smallest absolute Gasteiger partial charge is 0.310 e. The van der Waals surface area contributed by atoms with E-state index in [4.69, 9.17) is 4.74 Å². The van der Waals surface area contributed by atoms with E-state index in [1.165, 1.54) is 17.0 Å². The van der Waals surface area contributed by atoms with E-state index in [-0.39, 0.29) is 29.9 Å². The maximum atomic E-state index is 13.1. The summed E-state index contributed by atoms with van der Waals surface area (Å²) in [5.41, 5.74) is 0.998.